The lowest BCUT2D eigenvalue weighted by Crippen LogP contribution is -2.10. The average molecular weight is 364 g/mol. The van der Waals surface area contributed by atoms with E-state index in [9.17, 15) is 0 Å². The van der Waals surface area contributed by atoms with Crippen LogP contribution in [0.1, 0.15) is 26.3 Å². The van der Waals surface area contributed by atoms with Crippen molar-refractivity contribution >= 4 is 54.6 Å². The number of para-hydroxylation sites is 1. The van der Waals surface area contributed by atoms with Gasteiger partial charge >= 0.3 is 0 Å². The average Bonchev–Trinajstić information content (AvgIpc) is 3.20. The molecule has 28 heavy (non-hydrogen) atoms. The lowest BCUT2D eigenvalue weighted by atomic mass is 9.86. The standard InChI is InChI=1S/C26H20O2/c1-26(2,3)17-9-8-15-11-19-21-14-24-20(18-6-4-5-7-22(18)27-24)13-25(21)28-23(19)12-16(15)10-17/h4-14H,1-3H3. The molecule has 2 aromatic heterocycles. The van der Waals surface area contributed by atoms with Gasteiger partial charge < -0.3 is 8.83 Å². The molecule has 0 saturated heterocycles. The normalized spacial score (nSPS) is 12.8. The minimum Gasteiger partial charge on any atom is -0.456 e. The molecule has 136 valence electrons. The van der Waals surface area contributed by atoms with Gasteiger partial charge in [-0.25, -0.2) is 0 Å². The molecule has 0 bridgehead atoms. The highest BCUT2D eigenvalue weighted by Gasteiger charge is 2.16. The number of benzene rings is 4. The van der Waals surface area contributed by atoms with Crippen molar-refractivity contribution in [3.05, 3.63) is 72.3 Å². The molecule has 0 radical (unpaired) electrons. The van der Waals surface area contributed by atoms with Crippen molar-refractivity contribution in [3.63, 3.8) is 0 Å². The maximum Gasteiger partial charge on any atom is 0.136 e. The van der Waals surface area contributed by atoms with Gasteiger partial charge in [-0.1, -0.05) is 57.2 Å². The summed E-state index contributed by atoms with van der Waals surface area (Å²) in [5, 5.41) is 6.90. The van der Waals surface area contributed by atoms with E-state index in [1.807, 2.05) is 18.2 Å². The fourth-order valence-corrected chi connectivity index (χ4v) is 4.20. The molecule has 0 spiro atoms. The van der Waals surface area contributed by atoms with E-state index in [0.717, 1.165) is 43.9 Å². The SMILES string of the molecule is CC(C)(C)c1ccc2cc3c(cc2c1)oc1cc2c(cc13)oc1ccccc12. The minimum atomic E-state index is 0.128. The molecule has 6 rings (SSSR count). The zero-order valence-electron chi connectivity index (χ0n) is 16.2. The maximum atomic E-state index is 6.27. The third-order valence-electron chi connectivity index (χ3n) is 5.79. The van der Waals surface area contributed by atoms with Gasteiger partial charge in [-0.2, -0.15) is 0 Å². The van der Waals surface area contributed by atoms with E-state index in [4.69, 9.17) is 8.83 Å². The molecule has 0 fully saturated rings. The summed E-state index contributed by atoms with van der Waals surface area (Å²) in [6.45, 7) is 6.73. The molecule has 6 aromatic rings. The predicted molar refractivity (Wildman–Crippen MR) is 117 cm³/mol. The topological polar surface area (TPSA) is 26.3 Å². The molecule has 2 nitrogen and oxygen atoms in total. The Morgan fingerprint density at radius 2 is 1.18 bits per heavy atom. The summed E-state index contributed by atoms with van der Waals surface area (Å²) in [5.41, 5.74) is 5.10. The van der Waals surface area contributed by atoms with Crippen molar-refractivity contribution in [2.45, 2.75) is 26.2 Å². The first-order valence-corrected chi connectivity index (χ1v) is 9.69. The van der Waals surface area contributed by atoms with Crippen LogP contribution in [0.3, 0.4) is 0 Å². The second kappa shape index (κ2) is 5.17. The molecular formula is C26H20O2. The van der Waals surface area contributed by atoms with Crippen molar-refractivity contribution in [2.75, 3.05) is 0 Å². The van der Waals surface area contributed by atoms with E-state index in [1.54, 1.807) is 0 Å². The Labute approximate surface area is 162 Å². The first-order valence-electron chi connectivity index (χ1n) is 9.69. The molecule has 0 amide bonds. The van der Waals surface area contributed by atoms with Crippen LogP contribution in [0.2, 0.25) is 0 Å². The van der Waals surface area contributed by atoms with Crippen LogP contribution in [0.5, 0.6) is 0 Å². The number of hydrogen-bond acceptors (Lipinski definition) is 2. The van der Waals surface area contributed by atoms with Gasteiger partial charge in [0.1, 0.15) is 22.3 Å². The van der Waals surface area contributed by atoms with Crippen LogP contribution in [0.15, 0.2) is 75.6 Å². The molecule has 0 atom stereocenters. The van der Waals surface area contributed by atoms with Gasteiger partial charge in [0.05, 0.1) is 0 Å². The third kappa shape index (κ3) is 2.15. The minimum absolute atomic E-state index is 0.128. The first-order chi connectivity index (χ1) is 13.5. The van der Waals surface area contributed by atoms with Gasteiger partial charge in [0.2, 0.25) is 0 Å². The van der Waals surface area contributed by atoms with Gasteiger partial charge in [0.25, 0.3) is 0 Å². The van der Waals surface area contributed by atoms with Crippen LogP contribution in [0.4, 0.5) is 0 Å². The lowest BCUT2D eigenvalue weighted by molar-refractivity contribution is 0.591. The summed E-state index contributed by atoms with van der Waals surface area (Å²) in [4.78, 5) is 0. The summed E-state index contributed by atoms with van der Waals surface area (Å²) in [7, 11) is 0. The molecule has 0 aliphatic rings. The van der Waals surface area contributed by atoms with Gasteiger partial charge in [-0.15, -0.1) is 0 Å². The number of rotatable bonds is 0. The second-order valence-corrected chi connectivity index (χ2v) is 8.71. The van der Waals surface area contributed by atoms with Crippen molar-refractivity contribution < 1.29 is 8.83 Å². The molecular weight excluding hydrogens is 344 g/mol. The van der Waals surface area contributed by atoms with Crippen molar-refractivity contribution in [1.29, 1.82) is 0 Å². The molecule has 0 aliphatic heterocycles. The Kier molecular flexibility index (Phi) is 2.91. The van der Waals surface area contributed by atoms with Gasteiger partial charge in [0.15, 0.2) is 0 Å². The Bertz CT molecular complexity index is 1540. The van der Waals surface area contributed by atoms with Crippen molar-refractivity contribution in [3.8, 4) is 0 Å². The van der Waals surface area contributed by atoms with Crippen LogP contribution in [-0.4, -0.2) is 0 Å². The Balaban J connectivity index is 1.68. The second-order valence-electron chi connectivity index (χ2n) is 8.71. The van der Waals surface area contributed by atoms with E-state index in [2.05, 4.69) is 69.3 Å². The highest BCUT2D eigenvalue weighted by Crippen LogP contribution is 2.38. The summed E-state index contributed by atoms with van der Waals surface area (Å²) in [5.74, 6) is 0. The van der Waals surface area contributed by atoms with E-state index < -0.39 is 0 Å². The van der Waals surface area contributed by atoms with Crippen LogP contribution < -0.4 is 0 Å². The highest BCUT2D eigenvalue weighted by atomic mass is 16.3. The van der Waals surface area contributed by atoms with Gasteiger partial charge in [-0.05, 0) is 52.1 Å². The molecule has 2 heterocycles. The van der Waals surface area contributed by atoms with Crippen molar-refractivity contribution in [2.24, 2.45) is 0 Å². The number of hydrogen-bond donors (Lipinski definition) is 0. The quantitative estimate of drug-likeness (QED) is 0.273. The summed E-state index contributed by atoms with van der Waals surface area (Å²) >= 11 is 0. The number of fused-ring (bicyclic) bond motifs is 7. The van der Waals surface area contributed by atoms with E-state index in [1.165, 1.54) is 16.3 Å². The molecule has 0 N–H and O–H groups in total. The number of furan rings is 2. The molecule has 0 aliphatic carbocycles. The monoisotopic (exact) mass is 364 g/mol. The molecule has 4 aromatic carbocycles. The maximum absolute atomic E-state index is 6.27. The van der Waals surface area contributed by atoms with Crippen LogP contribution in [-0.2, 0) is 5.41 Å². The zero-order chi connectivity index (χ0) is 19.0. The fraction of sp³-hybridized carbons (Fsp3) is 0.154. The van der Waals surface area contributed by atoms with Crippen LogP contribution in [0, 0.1) is 0 Å². The van der Waals surface area contributed by atoms with Crippen molar-refractivity contribution in [1.82, 2.24) is 0 Å². The Morgan fingerprint density at radius 3 is 1.96 bits per heavy atom. The third-order valence-corrected chi connectivity index (χ3v) is 5.79. The molecule has 0 saturated carbocycles. The van der Waals surface area contributed by atoms with E-state index in [0.29, 0.717) is 0 Å². The van der Waals surface area contributed by atoms with Crippen LogP contribution in [0.25, 0.3) is 54.6 Å². The lowest BCUT2D eigenvalue weighted by Gasteiger charge is -2.19. The predicted octanol–water partition coefficient (Wildman–Crippen LogP) is 7.94. The molecule has 2 heteroatoms. The fourth-order valence-electron chi connectivity index (χ4n) is 4.20. The van der Waals surface area contributed by atoms with E-state index in [-0.39, 0.29) is 5.41 Å². The summed E-state index contributed by atoms with van der Waals surface area (Å²) in [6, 6.07) is 23.5. The van der Waals surface area contributed by atoms with Gasteiger partial charge in [-0.3, -0.25) is 0 Å². The summed E-state index contributed by atoms with van der Waals surface area (Å²) < 4.78 is 12.3. The van der Waals surface area contributed by atoms with Crippen LogP contribution >= 0.6 is 0 Å². The molecule has 0 unspecified atom stereocenters. The highest BCUT2D eigenvalue weighted by molar-refractivity contribution is 6.16. The summed E-state index contributed by atoms with van der Waals surface area (Å²) in [6.07, 6.45) is 0. The Morgan fingerprint density at radius 1 is 0.536 bits per heavy atom. The van der Waals surface area contributed by atoms with Gasteiger partial charge in [0, 0.05) is 21.5 Å². The van der Waals surface area contributed by atoms with E-state index >= 15 is 0 Å². The smallest absolute Gasteiger partial charge is 0.136 e. The Hall–Kier alpha value is -3.26. The largest absolute Gasteiger partial charge is 0.456 e. The first kappa shape index (κ1) is 15.8. The zero-order valence-corrected chi connectivity index (χ0v) is 16.2.